The maximum Gasteiger partial charge on any atom is 0.305 e. The van der Waals surface area contributed by atoms with Crippen LogP contribution in [0.5, 0.6) is 0 Å². The summed E-state index contributed by atoms with van der Waals surface area (Å²) in [5.41, 5.74) is 0. The van der Waals surface area contributed by atoms with Crippen LogP contribution in [-0.4, -0.2) is 43.7 Å². The number of unbranched alkanes of at least 4 members (excludes halogenated alkanes) is 1. The van der Waals surface area contributed by atoms with E-state index >= 15 is 0 Å². The Morgan fingerprint density at radius 2 is 1.64 bits per heavy atom. The van der Waals surface area contributed by atoms with Crippen molar-refractivity contribution in [3.8, 4) is 0 Å². The first kappa shape index (κ1) is 14.1. The normalized spacial score (nSPS) is 12.9. The van der Waals surface area contributed by atoms with Gasteiger partial charge in [0.15, 0.2) is 9.76 Å². The number of rotatable bonds is 9. The van der Waals surface area contributed by atoms with E-state index in [4.69, 9.17) is 18.6 Å². The topological polar surface area (TPSA) is 36.9 Å². The third-order valence-corrected chi connectivity index (χ3v) is 3.39. The molecule has 0 N–H and O–H groups in total. The third kappa shape index (κ3) is 5.07. The first-order valence-corrected chi connectivity index (χ1v) is 6.55. The molecule has 4 nitrogen and oxygen atoms in total. The van der Waals surface area contributed by atoms with Crippen molar-refractivity contribution in [2.24, 2.45) is 0 Å². The monoisotopic (exact) mass is 222 g/mol. The van der Waals surface area contributed by atoms with E-state index in [1.807, 2.05) is 0 Å². The van der Waals surface area contributed by atoms with Crippen molar-refractivity contribution >= 4 is 9.76 Å². The Kier molecular flexibility index (Phi) is 8.41. The molecule has 0 aromatic rings. The average Bonchev–Trinajstić information content (AvgIpc) is 2.24. The van der Waals surface area contributed by atoms with E-state index in [1.165, 1.54) is 18.9 Å². The number of ether oxygens (including phenoxy) is 3. The molecule has 0 aromatic heterocycles. The number of methoxy groups -OCH3 is 3. The van der Waals surface area contributed by atoms with Gasteiger partial charge >= 0.3 is 5.97 Å². The third-order valence-electron chi connectivity index (χ3n) is 2.10. The molecule has 0 aliphatic heterocycles. The maximum atomic E-state index is 5.54. The van der Waals surface area contributed by atoms with Crippen LogP contribution in [0.4, 0.5) is 0 Å². The zero-order valence-corrected chi connectivity index (χ0v) is 11.1. The van der Waals surface area contributed by atoms with Gasteiger partial charge in [-0.3, -0.25) is 0 Å². The molecule has 0 bridgehead atoms. The summed E-state index contributed by atoms with van der Waals surface area (Å²) >= 11 is 0. The van der Waals surface area contributed by atoms with Crippen LogP contribution in [-0.2, 0) is 18.6 Å². The zero-order valence-electron chi connectivity index (χ0n) is 9.67. The van der Waals surface area contributed by atoms with Crippen molar-refractivity contribution in [1.82, 2.24) is 0 Å². The fourth-order valence-corrected chi connectivity index (χ4v) is 2.38. The summed E-state index contributed by atoms with van der Waals surface area (Å²) < 4.78 is 20.8. The van der Waals surface area contributed by atoms with Gasteiger partial charge in [-0.05, 0) is 6.04 Å². The molecule has 0 aromatic carbocycles. The molecule has 0 unspecified atom stereocenters. The Labute approximate surface area is 88.8 Å². The van der Waals surface area contributed by atoms with Gasteiger partial charge in [-0.15, -0.1) is 0 Å². The Balaban J connectivity index is 3.61. The van der Waals surface area contributed by atoms with Crippen LogP contribution in [0, 0.1) is 0 Å². The minimum atomic E-state index is -1.01. The molecule has 0 amide bonds. The molecule has 0 aliphatic rings. The smallest absolute Gasteiger partial charge is 0.305 e. The lowest BCUT2D eigenvalue weighted by Crippen LogP contribution is -2.41. The van der Waals surface area contributed by atoms with Gasteiger partial charge in [0.2, 0.25) is 0 Å². The van der Waals surface area contributed by atoms with E-state index in [9.17, 15) is 0 Å². The molecule has 0 aliphatic carbocycles. The summed E-state index contributed by atoms with van der Waals surface area (Å²) in [6.07, 6.45) is 2.46. The van der Waals surface area contributed by atoms with E-state index in [0.29, 0.717) is 6.61 Å². The second kappa shape index (κ2) is 8.37. The Morgan fingerprint density at radius 1 is 1.07 bits per heavy atom. The highest BCUT2D eigenvalue weighted by molar-refractivity contribution is 6.26. The van der Waals surface area contributed by atoms with Crippen LogP contribution in [0.1, 0.15) is 19.8 Å². The Morgan fingerprint density at radius 3 is 2.07 bits per heavy atom. The molecule has 0 atom stereocenters. The van der Waals surface area contributed by atoms with Gasteiger partial charge in [0.1, 0.15) is 6.61 Å². The van der Waals surface area contributed by atoms with Crippen molar-refractivity contribution in [3.63, 3.8) is 0 Å². The first-order valence-electron chi connectivity index (χ1n) is 4.98. The quantitative estimate of drug-likeness (QED) is 0.330. The standard InChI is InChI=1S/C9H22O4Si/c1-5-6-7-14-13-8-9(10-2,11-3)12-4/h5-8,14H2,1-4H3. The lowest BCUT2D eigenvalue weighted by Gasteiger charge is -2.28. The minimum Gasteiger partial charge on any atom is -0.416 e. The summed E-state index contributed by atoms with van der Waals surface area (Å²) in [6.45, 7) is 2.53. The van der Waals surface area contributed by atoms with Crippen LogP contribution < -0.4 is 0 Å². The van der Waals surface area contributed by atoms with Crippen LogP contribution >= 0.6 is 0 Å². The van der Waals surface area contributed by atoms with Crippen molar-refractivity contribution in [2.75, 3.05) is 27.9 Å². The maximum absolute atomic E-state index is 5.54. The lowest BCUT2D eigenvalue weighted by molar-refractivity contribution is -0.361. The first-order chi connectivity index (χ1) is 6.74. The predicted octanol–water partition coefficient (Wildman–Crippen LogP) is 0.898. The van der Waals surface area contributed by atoms with E-state index < -0.39 is 15.7 Å². The van der Waals surface area contributed by atoms with Gasteiger partial charge in [0, 0.05) is 21.3 Å². The van der Waals surface area contributed by atoms with Crippen molar-refractivity contribution in [2.45, 2.75) is 31.8 Å². The van der Waals surface area contributed by atoms with Gasteiger partial charge in [0.05, 0.1) is 0 Å². The fourth-order valence-electron chi connectivity index (χ4n) is 1.08. The van der Waals surface area contributed by atoms with Crippen molar-refractivity contribution < 1.29 is 18.6 Å². The highest BCUT2D eigenvalue weighted by Crippen LogP contribution is 2.12. The van der Waals surface area contributed by atoms with E-state index in [0.717, 1.165) is 0 Å². The molecule has 0 heterocycles. The highest BCUT2D eigenvalue weighted by Gasteiger charge is 2.29. The number of hydrogen-bond donors (Lipinski definition) is 0. The Hall–Kier alpha value is 0.0569. The molecule has 0 spiro atoms. The largest absolute Gasteiger partial charge is 0.416 e. The van der Waals surface area contributed by atoms with Gasteiger partial charge in [0.25, 0.3) is 0 Å². The van der Waals surface area contributed by atoms with Gasteiger partial charge < -0.3 is 18.6 Å². The second-order valence-corrected chi connectivity index (χ2v) is 4.58. The lowest BCUT2D eigenvalue weighted by atomic mass is 10.4. The fraction of sp³-hybridized carbons (Fsp3) is 1.00. The minimum absolute atomic E-state index is 0.354. The van der Waals surface area contributed by atoms with Gasteiger partial charge in [-0.2, -0.15) is 0 Å². The molecule has 0 rings (SSSR count). The van der Waals surface area contributed by atoms with Crippen LogP contribution in [0.3, 0.4) is 0 Å². The molecule has 86 valence electrons. The summed E-state index contributed by atoms with van der Waals surface area (Å²) in [6, 6.07) is 1.20. The van der Waals surface area contributed by atoms with Crippen LogP contribution in [0.2, 0.25) is 6.04 Å². The summed E-state index contributed by atoms with van der Waals surface area (Å²) in [5.74, 6) is -1.01. The molecule has 0 saturated carbocycles. The van der Waals surface area contributed by atoms with Gasteiger partial charge in [-0.25, -0.2) is 0 Å². The molecule has 0 radical (unpaired) electrons. The highest BCUT2D eigenvalue weighted by atomic mass is 28.2. The summed E-state index contributed by atoms with van der Waals surface area (Å²) in [7, 11) is 4.19. The van der Waals surface area contributed by atoms with E-state index in [2.05, 4.69) is 6.92 Å². The summed E-state index contributed by atoms with van der Waals surface area (Å²) in [5, 5.41) is 0. The Bertz CT molecular complexity index is 120. The van der Waals surface area contributed by atoms with Gasteiger partial charge in [-0.1, -0.05) is 19.8 Å². The second-order valence-electron chi connectivity index (χ2n) is 3.06. The molecule has 14 heavy (non-hydrogen) atoms. The number of hydrogen-bond acceptors (Lipinski definition) is 4. The molecule has 0 fully saturated rings. The molecular formula is C9H22O4Si. The SMILES string of the molecule is CCCC[SiH2]OCC(OC)(OC)OC. The molecule has 5 heteroatoms. The zero-order chi connectivity index (χ0) is 10.9. The van der Waals surface area contributed by atoms with E-state index in [-0.39, 0.29) is 0 Å². The van der Waals surface area contributed by atoms with Crippen LogP contribution in [0.15, 0.2) is 0 Å². The average molecular weight is 222 g/mol. The molecule has 0 saturated heterocycles. The van der Waals surface area contributed by atoms with Crippen molar-refractivity contribution in [3.05, 3.63) is 0 Å². The van der Waals surface area contributed by atoms with E-state index in [1.54, 1.807) is 21.3 Å². The predicted molar refractivity (Wildman–Crippen MR) is 58.0 cm³/mol. The summed E-state index contributed by atoms with van der Waals surface area (Å²) in [4.78, 5) is 0. The van der Waals surface area contributed by atoms with Crippen LogP contribution in [0.25, 0.3) is 0 Å². The molecular weight excluding hydrogens is 200 g/mol. The van der Waals surface area contributed by atoms with Crippen molar-refractivity contribution in [1.29, 1.82) is 0 Å².